The average Bonchev–Trinajstić information content (AvgIpc) is 2.90. The molecule has 0 aliphatic carbocycles. The van der Waals surface area contributed by atoms with E-state index in [2.05, 4.69) is 10.2 Å². The molecule has 7 heteroatoms. The van der Waals surface area contributed by atoms with Crippen molar-refractivity contribution in [2.45, 2.75) is 6.61 Å². The molecule has 3 rings (SSSR count). The summed E-state index contributed by atoms with van der Waals surface area (Å²) < 4.78 is 19.7. The number of aromatic nitrogens is 3. The molecule has 1 N–H and O–H groups in total. The minimum Gasteiger partial charge on any atom is -0.486 e. The molecule has 0 saturated carbocycles. The number of rotatable bonds is 4. The highest BCUT2D eigenvalue weighted by molar-refractivity contribution is 5.86. The lowest BCUT2D eigenvalue weighted by Gasteiger charge is -2.06. The summed E-state index contributed by atoms with van der Waals surface area (Å²) >= 11 is 0. The van der Waals surface area contributed by atoms with Gasteiger partial charge in [-0.3, -0.25) is 4.40 Å². The van der Waals surface area contributed by atoms with Crippen LogP contribution in [0.5, 0.6) is 5.75 Å². The molecule has 0 spiro atoms. The summed E-state index contributed by atoms with van der Waals surface area (Å²) in [5.41, 5.74) is 0.475. The predicted octanol–water partition coefficient (Wildman–Crippen LogP) is 2.15. The smallest absolute Gasteiger partial charge is 0.352 e. The van der Waals surface area contributed by atoms with Gasteiger partial charge in [0.05, 0.1) is 0 Å². The van der Waals surface area contributed by atoms with Crippen LogP contribution in [0.15, 0.2) is 42.5 Å². The number of pyridine rings is 1. The van der Waals surface area contributed by atoms with Crippen LogP contribution in [0.2, 0.25) is 0 Å². The SMILES string of the molecule is O=C(O)c1cccc2nnc(COc3ccc(F)cc3)n12. The molecule has 0 unspecified atom stereocenters. The topological polar surface area (TPSA) is 76.7 Å². The number of hydrogen-bond donors (Lipinski definition) is 1. The highest BCUT2D eigenvalue weighted by Gasteiger charge is 2.14. The lowest BCUT2D eigenvalue weighted by Crippen LogP contribution is -2.09. The van der Waals surface area contributed by atoms with E-state index in [1.54, 1.807) is 12.1 Å². The number of benzene rings is 1. The zero-order valence-corrected chi connectivity index (χ0v) is 10.7. The number of ether oxygens (including phenoxy) is 1. The third kappa shape index (κ3) is 2.53. The Bertz CT molecular complexity index is 799. The number of carboxylic acids is 1. The van der Waals surface area contributed by atoms with E-state index in [1.165, 1.54) is 34.7 Å². The van der Waals surface area contributed by atoms with Crippen molar-refractivity contribution < 1.29 is 19.0 Å². The molecule has 0 bridgehead atoms. The van der Waals surface area contributed by atoms with Gasteiger partial charge in [0.15, 0.2) is 11.5 Å². The van der Waals surface area contributed by atoms with E-state index in [0.29, 0.717) is 17.2 Å². The van der Waals surface area contributed by atoms with E-state index in [1.807, 2.05) is 0 Å². The number of carbonyl (C=O) groups is 1. The minimum absolute atomic E-state index is 0.0249. The first-order chi connectivity index (χ1) is 10.1. The molecule has 1 aromatic carbocycles. The van der Waals surface area contributed by atoms with E-state index >= 15 is 0 Å². The molecule has 0 radical (unpaired) electrons. The maximum Gasteiger partial charge on any atom is 0.352 e. The summed E-state index contributed by atoms with van der Waals surface area (Å²) in [5, 5.41) is 17.0. The van der Waals surface area contributed by atoms with Gasteiger partial charge in [-0.05, 0) is 36.4 Å². The Labute approximate surface area is 118 Å². The van der Waals surface area contributed by atoms with Crippen LogP contribution in [0.25, 0.3) is 5.65 Å². The summed E-state index contributed by atoms with van der Waals surface area (Å²) in [6.45, 7) is 0.0249. The summed E-state index contributed by atoms with van der Waals surface area (Å²) in [7, 11) is 0. The van der Waals surface area contributed by atoms with Gasteiger partial charge in [0.2, 0.25) is 0 Å². The number of fused-ring (bicyclic) bond motifs is 1. The molecule has 0 saturated heterocycles. The predicted molar refractivity (Wildman–Crippen MR) is 70.7 cm³/mol. The Kier molecular flexibility index (Phi) is 3.23. The zero-order valence-electron chi connectivity index (χ0n) is 10.7. The molecule has 21 heavy (non-hydrogen) atoms. The molecule has 0 aliphatic heterocycles. The van der Waals surface area contributed by atoms with Gasteiger partial charge in [-0.1, -0.05) is 6.07 Å². The van der Waals surface area contributed by atoms with E-state index in [0.717, 1.165) is 0 Å². The Morgan fingerprint density at radius 2 is 1.95 bits per heavy atom. The van der Waals surface area contributed by atoms with Gasteiger partial charge < -0.3 is 9.84 Å². The summed E-state index contributed by atoms with van der Waals surface area (Å²) in [4.78, 5) is 11.2. The molecule has 0 fully saturated rings. The van der Waals surface area contributed by atoms with Crippen LogP contribution in [0.1, 0.15) is 16.3 Å². The maximum atomic E-state index is 12.8. The van der Waals surface area contributed by atoms with Crippen molar-refractivity contribution in [2.75, 3.05) is 0 Å². The molecule has 3 aromatic rings. The lowest BCUT2D eigenvalue weighted by molar-refractivity contribution is 0.0688. The largest absolute Gasteiger partial charge is 0.486 e. The third-order valence-electron chi connectivity index (χ3n) is 2.90. The molecule has 0 amide bonds. The molecule has 106 valence electrons. The van der Waals surface area contributed by atoms with E-state index in [4.69, 9.17) is 4.74 Å². The van der Waals surface area contributed by atoms with Crippen molar-refractivity contribution in [3.8, 4) is 5.75 Å². The van der Waals surface area contributed by atoms with Gasteiger partial charge in [-0.15, -0.1) is 10.2 Å². The summed E-state index contributed by atoms with van der Waals surface area (Å²) in [6.07, 6.45) is 0. The maximum absolute atomic E-state index is 12.8. The van der Waals surface area contributed by atoms with Crippen LogP contribution in [-0.2, 0) is 6.61 Å². The first-order valence-corrected chi connectivity index (χ1v) is 6.10. The van der Waals surface area contributed by atoms with Gasteiger partial charge >= 0.3 is 5.97 Å². The quantitative estimate of drug-likeness (QED) is 0.795. The number of nitrogens with zero attached hydrogens (tertiary/aromatic N) is 3. The molecule has 6 nitrogen and oxygen atoms in total. The second kappa shape index (κ2) is 5.20. The fourth-order valence-corrected chi connectivity index (χ4v) is 1.94. The summed E-state index contributed by atoms with van der Waals surface area (Å²) in [6, 6.07) is 10.2. The van der Waals surface area contributed by atoms with Gasteiger partial charge in [-0.25, -0.2) is 9.18 Å². The molecule has 0 aliphatic rings. The van der Waals surface area contributed by atoms with Crippen molar-refractivity contribution in [3.05, 3.63) is 59.8 Å². The Morgan fingerprint density at radius 3 is 2.67 bits per heavy atom. The summed E-state index contributed by atoms with van der Waals surface area (Å²) in [5.74, 6) is -0.625. The molecular weight excluding hydrogens is 277 g/mol. The first kappa shape index (κ1) is 13.0. The number of aromatic carboxylic acids is 1. The fourth-order valence-electron chi connectivity index (χ4n) is 1.94. The molecule has 0 atom stereocenters. The lowest BCUT2D eigenvalue weighted by atomic mass is 10.3. The van der Waals surface area contributed by atoms with Gasteiger partial charge in [0.1, 0.15) is 23.9 Å². The van der Waals surface area contributed by atoms with Crippen LogP contribution in [-0.4, -0.2) is 25.7 Å². The van der Waals surface area contributed by atoms with Crippen LogP contribution < -0.4 is 4.74 Å². The van der Waals surface area contributed by atoms with Crippen molar-refractivity contribution in [2.24, 2.45) is 0 Å². The Hall–Kier alpha value is -2.96. The normalized spacial score (nSPS) is 10.7. The Balaban J connectivity index is 1.90. The van der Waals surface area contributed by atoms with Gasteiger partial charge in [0, 0.05) is 0 Å². The second-order valence-corrected chi connectivity index (χ2v) is 4.27. The minimum atomic E-state index is -1.08. The average molecular weight is 287 g/mol. The van der Waals surface area contributed by atoms with Crippen molar-refractivity contribution in [1.29, 1.82) is 0 Å². The van der Waals surface area contributed by atoms with Crippen molar-refractivity contribution in [1.82, 2.24) is 14.6 Å². The van der Waals surface area contributed by atoms with E-state index < -0.39 is 5.97 Å². The van der Waals surface area contributed by atoms with Crippen LogP contribution in [0.4, 0.5) is 4.39 Å². The first-order valence-electron chi connectivity index (χ1n) is 6.10. The van der Waals surface area contributed by atoms with Crippen LogP contribution in [0, 0.1) is 5.82 Å². The highest BCUT2D eigenvalue weighted by Crippen LogP contribution is 2.14. The van der Waals surface area contributed by atoms with Crippen LogP contribution in [0.3, 0.4) is 0 Å². The highest BCUT2D eigenvalue weighted by atomic mass is 19.1. The molecule has 2 aromatic heterocycles. The monoisotopic (exact) mass is 287 g/mol. The van der Waals surface area contributed by atoms with Crippen LogP contribution >= 0.6 is 0 Å². The number of carboxylic acid groups (broad SMARTS) is 1. The van der Waals surface area contributed by atoms with Gasteiger partial charge in [-0.2, -0.15) is 0 Å². The Morgan fingerprint density at radius 1 is 1.19 bits per heavy atom. The zero-order chi connectivity index (χ0) is 14.8. The molecule has 2 heterocycles. The van der Waals surface area contributed by atoms with E-state index in [9.17, 15) is 14.3 Å². The van der Waals surface area contributed by atoms with Crippen molar-refractivity contribution in [3.63, 3.8) is 0 Å². The second-order valence-electron chi connectivity index (χ2n) is 4.27. The molecular formula is C14H10FN3O3. The third-order valence-corrected chi connectivity index (χ3v) is 2.90. The van der Waals surface area contributed by atoms with Gasteiger partial charge in [0.25, 0.3) is 0 Å². The fraction of sp³-hybridized carbons (Fsp3) is 0.0714. The number of halogens is 1. The van der Waals surface area contributed by atoms with Crippen molar-refractivity contribution >= 4 is 11.6 Å². The van der Waals surface area contributed by atoms with E-state index in [-0.39, 0.29) is 18.1 Å². The number of hydrogen-bond acceptors (Lipinski definition) is 4. The standard InChI is InChI=1S/C14H10FN3O3/c15-9-4-6-10(7-5-9)21-8-13-17-16-12-3-1-2-11(14(19)20)18(12)13/h1-7H,8H2,(H,19,20).